The summed E-state index contributed by atoms with van der Waals surface area (Å²) in [6.07, 6.45) is 0.408. The number of halogens is 1. The molecule has 0 aliphatic carbocycles. The molecule has 0 unspecified atom stereocenters. The van der Waals surface area contributed by atoms with Gasteiger partial charge in [-0.25, -0.2) is 0 Å². The van der Waals surface area contributed by atoms with E-state index in [2.05, 4.69) is 0 Å². The van der Waals surface area contributed by atoms with Gasteiger partial charge in [0, 0.05) is 0 Å². The number of ether oxygens (including phenoxy) is 2. The number of rotatable bonds is 9. The molecule has 4 rings (SSSR count). The zero-order chi connectivity index (χ0) is 25.7. The summed E-state index contributed by atoms with van der Waals surface area (Å²) in [6.45, 7) is 0.144. The number of carbonyl (C=O) groups excluding carboxylic acids is 1. The Hall–Kier alpha value is -3.66. The second-order valence-corrected chi connectivity index (χ2v) is 10.5. The van der Waals surface area contributed by atoms with Crippen LogP contribution in [-0.4, -0.2) is 44.0 Å². The molecule has 1 aliphatic rings. The molecule has 3 aromatic rings. The molecule has 0 radical (unpaired) electrons. The first-order valence-corrected chi connectivity index (χ1v) is 13.0. The Kier molecular flexibility index (Phi) is 7.73. The van der Waals surface area contributed by atoms with Crippen molar-refractivity contribution in [2.75, 3.05) is 13.2 Å². The van der Waals surface area contributed by atoms with Crippen LogP contribution in [0.3, 0.4) is 0 Å². The molecule has 0 amide bonds. The van der Waals surface area contributed by atoms with Crippen molar-refractivity contribution in [1.82, 2.24) is 0 Å². The van der Waals surface area contributed by atoms with Crippen LogP contribution in [0.2, 0.25) is 5.32 Å². The van der Waals surface area contributed by atoms with Gasteiger partial charge in [0.15, 0.2) is 0 Å². The zero-order valence-electron chi connectivity index (χ0n) is 18.9. The van der Waals surface area contributed by atoms with E-state index in [1.54, 1.807) is 18.2 Å². The summed E-state index contributed by atoms with van der Waals surface area (Å²) in [5.74, 6) is -1.55. The van der Waals surface area contributed by atoms with E-state index in [1.165, 1.54) is 6.07 Å². The molecule has 9 nitrogen and oxygen atoms in total. The Bertz CT molecular complexity index is 1260. The van der Waals surface area contributed by atoms with Crippen LogP contribution >= 0.6 is 0 Å². The summed E-state index contributed by atoms with van der Waals surface area (Å²) in [4.78, 5) is 33.2. The molecule has 3 aromatic carbocycles. The van der Waals surface area contributed by atoms with E-state index in [0.29, 0.717) is 17.3 Å². The number of non-ortho nitro benzene ring substituents is 2. The van der Waals surface area contributed by atoms with Crippen LogP contribution in [0.5, 0.6) is 0 Å². The molecule has 186 valence electrons. The molecule has 1 aliphatic heterocycles. The van der Waals surface area contributed by atoms with Crippen molar-refractivity contribution >= 4 is 36.8 Å². The van der Waals surface area contributed by atoms with Crippen LogP contribution in [0.1, 0.15) is 22.3 Å². The number of nitro benzene ring substituents is 2. The van der Waals surface area contributed by atoms with E-state index in [-0.39, 0.29) is 45.5 Å². The maximum atomic E-state index is 14.8. The molecule has 0 spiro atoms. The average Bonchev–Trinajstić information content (AvgIpc) is 3.30. The Morgan fingerprint density at radius 3 is 2.31 bits per heavy atom. The molecule has 0 saturated carbocycles. The van der Waals surface area contributed by atoms with Gasteiger partial charge in [-0.3, -0.25) is 0 Å². The summed E-state index contributed by atoms with van der Waals surface area (Å²) >= 11 is -0.00296. The van der Waals surface area contributed by atoms with Gasteiger partial charge in [0.2, 0.25) is 0 Å². The standard InChI is InChI=1S/C25H21FN2O7Se/c26-23-9-5-4-8-22(23)25(16-36-21-6-2-1-3-7-21)13-17(15-35-25)14-34-24(29)18-10-19(27(30)31)12-20(11-18)28(32)33/h1-12,17H,13-16H2/t17-,25+/m1/s1. The summed E-state index contributed by atoms with van der Waals surface area (Å²) in [6, 6.07) is 19.0. The van der Waals surface area contributed by atoms with Crippen LogP contribution in [0.15, 0.2) is 72.8 Å². The van der Waals surface area contributed by atoms with E-state index >= 15 is 0 Å². The predicted octanol–water partition coefficient (Wildman–Crippen LogP) is 4.18. The van der Waals surface area contributed by atoms with Crippen molar-refractivity contribution in [3.05, 3.63) is 110 Å². The van der Waals surface area contributed by atoms with Crippen LogP contribution in [-0.2, 0) is 15.1 Å². The first-order valence-electron chi connectivity index (χ1n) is 11.0. The van der Waals surface area contributed by atoms with Crippen molar-refractivity contribution in [3.63, 3.8) is 0 Å². The van der Waals surface area contributed by atoms with Crippen LogP contribution in [0.4, 0.5) is 15.8 Å². The summed E-state index contributed by atoms with van der Waals surface area (Å²) < 4.78 is 27.5. The van der Waals surface area contributed by atoms with E-state index in [1.807, 2.05) is 30.3 Å². The Morgan fingerprint density at radius 2 is 1.67 bits per heavy atom. The second kappa shape index (κ2) is 10.9. The number of nitro groups is 2. The minimum absolute atomic E-state index is 0.00296. The van der Waals surface area contributed by atoms with Crippen molar-refractivity contribution in [2.24, 2.45) is 5.92 Å². The maximum absolute atomic E-state index is 14.8. The fourth-order valence-electron chi connectivity index (χ4n) is 4.08. The number of hydrogen-bond acceptors (Lipinski definition) is 7. The zero-order valence-corrected chi connectivity index (χ0v) is 20.6. The third-order valence-electron chi connectivity index (χ3n) is 5.80. The van der Waals surface area contributed by atoms with Gasteiger partial charge >= 0.3 is 212 Å². The Balaban J connectivity index is 1.49. The molecule has 11 heteroatoms. The number of nitrogens with zero attached hydrogens (tertiary/aromatic N) is 2. The predicted molar refractivity (Wildman–Crippen MR) is 129 cm³/mol. The molecule has 1 fully saturated rings. The van der Waals surface area contributed by atoms with Crippen molar-refractivity contribution in [1.29, 1.82) is 0 Å². The molecule has 0 aromatic heterocycles. The third kappa shape index (κ3) is 5.76. The molecular weight excluding hydrogens is 538 g/mol. The number of esters is 1. The van der Waals surface area contributed by atoms with E-state index < -0.39 is 32.8 Å². The number of carbonyl (C=O) groups is 1. The first kappa shape index (κ1) is 25.4. The van der Waals surface area contributed by atoms with Crippen LogP contribution < -0.4 is 4.46 Å². The van der Waals surface area contributed by atoms with Crippen LogP contribution in [0.25, 0.3) is 0 Å². The second-order valence-electron chi connectivity index (χ2n) is 8.31. The molecule has 2 atom stereocenters. The van der Waals surface area contributed by atoms with Gasteiger partial charge in [0.1, 0.15) is 0 Å². The normalized spacial score (nSPS) is 19.1. The Morgan fingerprint density at radius 1 is 1.03 bits per heavy atom. The quantitative estimate of drug-likeness (QED) is 0.167. The SMILES string of the molecule is O=C(OC[C@@H]1CO[C@@](C[Se]c2ccccc2)(c2ccccc2F)C1)c1cc([N+](=O)[O-])cc([N+](=O)[O-])c1. The van der Waals surface area contributed by atoms with Crippen molar-refractivity contribution < 1.29 is 28.5 Å². The van der Waals surface area contributed by atoms with Gasteiger partial charge in [-0.15, -0.1) is 0 Å². The number of benzene rings is 3. The van der Waals surface area contributed by atoms with Gasteiger partial charge in [-0.05, 0) is 0 Å². The van der Waals surface area contributed by atoms with E-state index in [4.69, 9.17) is 9.47 Å². The average molecular weight is 559 g/mol. The van der Waals surface area contributed by atoms with Gasteiger partial charge in [0.05, 0.1) is 0 Å². The summed E-state index contributed by atoms with van der Waals surface area (Å²) in [5, 5.41) is 22.8. The first-order chi connectivity index (χ1) is 17.3. The van der Waals surface area contributed by atoms with E-state index in [0.717, 1.165) is 22.7 Å². The fraction of sp³-hybridized carbons (Fsp3) is 0.240. The monoisotopic (exact) mass is 560 g/mol. The molecule has 36 heavy (non-hydrogen) atoms. The summed E-state index contributed by atoms with van der Waals surface area (Å²) in [7, 11) is 0. The number of hydrogen-bond donors (Lipinski definition) is 0. The fourth-order valence-corrected chi connectivity index (χ4v) is 6.40. The molecule has 1 heterocycles. The topological polar surface area (TPSA) is 122 Å². The van der Waals surface area contributed by atoms with Gasteiger partial charge in [-0.2, -0.15) is 0 Å². The van der Waals surface area contributed by atoms with Gasteiger partial charge in [0.25, 0.3) is 0 Å². The van der Waals surface area contributed by atoms with Gasteiger partial charge < -0.3 is 0 Å². The third-order valence-corrected chi connectivity index (χ3v) is 8.36. The Labute approximate surface area is 211 Å². The molecule has 0 N–H and O–H groups in total. The van der Waals surface area contributed by atoms with Gasteiger partial charge in [-0.1, -0.05) is 0 Å². The van der Waals surface area contributed by atoms with Crippen molar-refractivity contribution in [3.8, 4) is 0 Å². The molecule has 1 saturated heterocycles. The summed E-state index contributed by atoms with van der Waals surface area (Å²) in [5.41, 5.74) is -1.89. The minimum atomic E-state index is -0.918. The molecular formula is C25H21FN2O7Se. The van der Waals surface area contributed by atoms with Crippen LogP contribution in [0, 0.1) is 32.0 Å². The van der Waals surface area contributed by atoms with Crippen molar-refractivity contribution in [2.45, 2.75) is 17.3 Å². The van der Waals surface area contributed by atoms with E-state index in [9.17, 15) is 29.4 Å². The molecule has 0 bridgehead atoms.